The van der Waals surface area contributed by atoms with Crippen LogP contribution in [0, 0.1) is 0 Å². The van der Waals surface area contributed by atoms with Gasteiger partial charge in [0.2, 0.25) is 5.91 Å². The maximum atomic E-state index is 12.8. The number of carbonyl (C=O) groups is 1. The third-order valence-corrected chi connectivity index (χ3v) is 4.20. The summed E-state index contributed by atoms with van der Waals surface area (Å²) in [6.07, 6.45) is -1.58. The second kappa shape index (κ2) is 6.63. The zero-order chi connectivity index (χ0) is 18.0. The van der Waals surface area contributed by atoms with Gasteiger partial charge in [-0.1, -0.05) is 18.7 Å². The van der Waals surface area contributed by atoms with E-state index in [9.17, 15) is 18.0 Å². The molecule has 0 aliphatic heterocycles. The van der Waals surface area contributed by atoms with Gasteiger partial charge in [0.15, 0.2) is 0 Å². The number of aryl methyl sites for hydroxylation is 1. The Kier molecular flexibility index (Phi) is 4.53. The van der Waals surface area contributed by atoms with Crippen LogP contribution in [0.25, 0.3) is 0 Å². The Bertz CT molecular complexity index is 815. The van der Waals surface area contributed by atoms with Crippen molar-refractivity contribution < 1.29 is 18.0 Å². The van der Waals surface area contributed by atoms with E-state index in [0.29, 0.717) is 11.4 Å². The Morgan fingerprint density at radius 2 is 1.96 bits per heavy atom. The Morgan fingerprint density at radius 1 is 1.16 bits per heavy atom. The summed E-state index contributed by atoms with van der Waals surface area (Å²) in [6.45, 7) is 3.41. The predicted octanol–water partition coefficient (Wildman–Crippen LogP) is 4.93. The molecule has 0 heterocycles. The van der Waals surface area contributed by atoms with Crippen LogP contribution in [0.3, 0.4) is 0 Å². The molecule has 0 saturated heterocycles. The summed E-state index contributed by atoms with van der Waals surface area (Å²) in [6, 6.07) is 10.7. The lowest BCUT2D eigenvalue weighted by molar-refractivity contribution is -0.137. The second-order valence-corrected chi connectivity index (χ2v) is 5.92. The number of hydrogen-bond acceptors (Lipinski definition) is 2. The molecule has 0 radical (unpaired) electrons. The van der Waals surface area contributed by atoms with Crippen molar-refractivity contribution in [3.63, 3.8) is 0 Å². The van der Waals surface area contributed by atoms with Gasteiger partial charge in [0.25, 0.3) is 0 Å². The van der Waals surface area contributed by atoms with E-state index in [1.54, 1.807) is 12.1 Å². The molecule has 3 nitrogen and oxygen atoms in total. The van der Waals surface area contributed by atoms with E-state index in [4.69, 9.17) is 0 Å². The van der Waals surface area contributed by atoms with Crippen molar-refractivity contribution in [1.82, 2.24) is 0 Å². The Morgan fingerprint density at radius 3 is 2.68 bits per heavy atom. The van der Waals surface area contributed by atoms with Gasteiger partial charge < -0.3 is 10.6 Å². The fourth-order valence-electron chi connectivity index (χ4n) is 3.02. The van der Waals surface area contributed by atoms with Crippen molar-refractivity contribution in [2.45, 2.75) is 25.1 Å². The first kappa shape index (κ1) is 17.1. The number of nitrogens with one attached hydrogen (secondary N) is 2. The number of fused-ring (bicyclic) bond motifs is 1. The van der Waals surface area contributed by atoms with Gasteiger partial charge in [0.1, 0.15) is 0 Å². The fourth-order valence-corrected chi connectivity index (χ4v) is 3.02. The van der Waals surface area contributed by atoms with Gasteiger partial charge in [-0.3, -0.25) is 4.79 Å². The molecule has 1 aliphatic carbocycles. The first-order valence-electron chi connectivity index (χ1n) is 7.87. The molecular weight excluding hydrogens is 329 g/mol. The van der Waals surface area contributed by atoms with Crippen molar-refractivity contribution >= 4 is 17.3 Å². The first-order chi connectivity index (χ1) is 11.9. The molecule has 0 unspecified atom stereocenters. The number of hydrogen-bond donors (Lipinski definition) is 2. The SMILES string of the molecule is C=CC(=O)Nc1ccc2c(c1)CC[C@H]2Nc1cccc(C(F)(F)F)c1. The molecule has 0 saturated carbocycles. The van der Waals surface area contributed by atoms with E-state index in [1.165, 1.54) is 12.1 Å². The molecule has 1 aliphatic rings. The largest absolute Gasteiger partial charge is 0.416 e. The molecule has 1 amide bonds. The van der Waals surface area contributed by atoms with Crippen LogP contribution < -0.4 is 10.6 Å². The molecule has 2 aromatic carbocycles. The van der Waals surface area contributed by atoms with E-state index in [1.807, 2.05) is 12.1 Å². The number of halogens is 3. The van der Waals surface area contributed by atoms with Gasteiger partial charge >= 0.3 is 6.18 Å². The summed E-state index contributed by atoms with van der Waals surface area (Å²) >= 11 is 0. The average Bonchev–Trinajstić information content (AvgIpc) is 2.96. The third kappa shape index (κ3) is 3.84. The fraction of sp³-hybridized carbons (Fsp3) is 0.211. The highest BCUT2D eigenvalue weighted by atomic mass is 19.4. The molecular formula is C19H17F3N2O. The number of anilines is 2. The maximum absolute atomic E-state index is 12.8. The monoisotopic (exact) mass is 346 g/mol. The molecule has 0 fully saturated rings. The lowest BCUT2D eigenvalue weighted by Gasteiger charge is -2.17. The lowest BCUT2D eigenvalue weighted by Crippen LogP contribution is -2.10. The van der Waals surface area contributed by atoms with E-state index in [2.05, 4.69) is 17.2 Å². The number of alkyl halides is 3. The second-order valence-electron chi connectivity index (χ2n) is 5.92. The lowest BCUT2D eigenvalue weighted by atomic mass is 10.1. The van der Waals surface area contributed by atoms with Crippen LogP contribution in [0.4, 0.5) is 24.5 Å². The zero-order valence-electron chi connectivity index (χ0n) is 13.4. The standard InChI is InChI=1S/C19H17F3N2O/c1-2-18(25)24-15-7-8-16-12(10-15)6-9-17(16)23-14-5-3-4-13(11-14)19(20,21)22/h2-5,7-8,10-11,17,23H,1,6,9H2,(H,24,25)/t17-/m1/s1. The summed E-state index contributed by atoms with van der Waals surface area (Å²) in [4.78, 5) is 11.4. The normalized spacial score (nSPS) is 16.2. The molecule has 25 heavy (non-hydrogen) atoms. The van der Waals surface area contributed by atoms with E-state index in [0.717, 1.165) is 36.1 Å². The molecule has 6 heteroatoms. The molecule has 3 rings (SSSR count). The van der Waals surface area contributed by atoms with Crippen molar-refractivity contribution in [2.24, 2.45) is 0 Å². The third-order valence-electron chi connectivity index (χ3n) is 4.20. The minimum Gasteiger partial charge on any atom is -0.378 e. The Balaban J connectivity index is 1.77. The van der Waals surface area contributed by atoms with Crippen molar-refractivity contribution in [2.75, 3.05) is 10.6 Å². The Hall–Kier alpha value is -2.76. The first-order valence-corrected chi connectivity index (χ1v) is 7.87. The molecule has 2 aromatic rings. The summed E-state index contributed by atoms with van der Waals surface area (Å²) in [7, 11) is 0. The number of benzene rings is 2. The van der Waals surface area contributed by atoms with Crippen molar-refractivity contribution in [1.29, 1.82) is 0 Å². The number of amides is 1. The van der Waals surface area contributed by atoms with Crippen molar-refractivity contribution in [3.05, 3.63) is 71.8 Å². The molecule has 0 spiro atoms. The van der Waals surface area contributed by atoms with E-state index < -0.39 is 11.7 Å². The quantitative estimate of drug-likeness (QED) is 0.771. The highest BCUT2D eigenvalue weighted by Gasteiger charge is 2.31. The van der Waals surface area contributed by atoms with Crippen LogP contribution in [-0.4, -0.2) is 5.91 Å². The van der Waals surface area contributed by atoms with Gasteiger partial charge in [-0.15, -0.1) is 0 Å². The highest BCUT2D eigenvalue weighted by molar-refractivity contribution is 5.98. The van der Waals surface area contributed by atoms with Gasteiger partial charge in [-0.05, 0) is 60.4 Å². The molecule has 0 bridgehead atoms. The van der Waals surface area contributed by atoms with Crippen LogP contribution in [0.5, 0.6) is 0 Å². The minimum absolute atomic E-state index is 0.0531. The smallest absolute Gasteiger partial charge is 0.378 e. The van der Waals surface area contributed by atoms with Crippen LogP contribution in [0.2, 0.25) is 0 Å². The molecule has 130 valence electrons. The maximum Gasteiger partial charge on any atom is 0.416 e. The number of rotatable bonds is 4. The van der Waals surface area contributed by atoms with Crippen LogP contribution >= 0.6 is 0 Å². The summed E-state index contributed by atoms with van der Waals surface area (Å²) in [5.41, 5.74) is 2.57. The Labute approximate surface area is 143 Å². The van der Waals surface area contributed by atoms with Crippen LogP contribution in [-0.2, 0) is 17.4 Å². The molecule has 0 aromatic heterocycles. The summed E-state index contributed by atoms with van der Waals surface area (Å²) in [5, 5.41) is 5.88. The minimum atomic E-state index is -4.36. The van der Waals surface area contributed by atoms with Crippen LogP contribution in [0.1, 0.15) is 29.2 Å². The van der Waals surface area contributed by atoms with E-state index >= 15 is 0 Å². The van der Waals surface area contributed by atoms with Crippen molar-refractivity contribution in [3.8, 4) is 0 Å². The van der Waals surface area contributed by atoms with E-state index in [-0.39, 0.29) is 11.9 Å². The van der Waals surface area contributed by atoms with Gasteiger partial charge in [0, 0.05) is 11.4 Å². The van der Waals surface area contributed by atoms with Crippen LogP contribution in [0.15, 0.2) is 55.1 Å². The summed E-state index contributed by atoms with van der Waals surface area (Å²) < 4.78 is 38.5. The zero-order valence-corrected chi connectivity index (χ0v) is 13.4. The van der Waals surface area contributed by atoms with Gasteiger partial charge in [-0.2, -0.15) is 13.2 Å². The number of carbonyl (C=O) groups excluding carboxylic acids is 1. The van der Waals surface area contributed by atoms with Gasteiger partial charge in [-0.25, -0.2) is 0 Å². The molecule has 2 N–H and O–H groups in total. The van der Waals surface area contributed by atoms with Gasteiger partial charge in [0.05, 0.1) is 11.6 Å². The topological polar surface area (TPSA) is 41.1 Å². The highest BCUT2D eigenvalue weighted by Crippen LogP contribution is 2.37. The summed E-state index contributed by atoms with van der Waals surface area (Å²) in [5.74, 6) is -0.281. The predicted molar refractivity (Wildman–Crippen MR) is 91.4 cm³/mol. The average molecular weight is 346 g/mol. The molecule has 1 atom stereocenters.